The number of H-pyrrole nitrogens is 1. The van der Waals surface area contributed by atoms with E-state index >= 15 is 0 Å². The minimum Gasteiger partial charge on any atom is -0.478 e. The zero-order valence-corrected chi connectivity index (χ0v) is 5.92. The molecular weight excluding hydrogens is 172 g/mol. The number of nitrogens with one attached hydrogen (secondary N) is 1. The molecule has 0 atom stereocenters. The molecule has 0 aliphatic heterocycles. The summed E-state index contributed by atoms with van der Waals surface area (Å²) in [5.41, 5.74) is -0.883. The lowest BCUT2D eigenvalue weighted by Crippen LogP contribution is -2.13. The molecule has 11 heavy (non-hydrogen) atoms. The zero-order chi connectivity index (χ0) is 8.43. The number of hydrogen-bond acceptors (Lipinski definition) is 3. The maximum atomic E-state index is 10.4. The topological polar surface area (TPSA) is 83.0 Å². The van der Waals surface area contributed by atoms with Crippen molar-refractivity contribution in [2.75, 3.05) is 0 Å². The number of aromatic carboxylic acids is 1. The van der Waals surface area contributed by atoms with Crippen molar-refractivity contribution in [2.45, 2.75) is 0 Å². The first-order valence-electron chi connectivity index (χ1n) is 2.59. The Morgan fingerprint density at radius 3 is 2.82 bits per heavy atom. The smallest absolute Gasteiger partial charge is 0.346 e. The molecule has 0 fully saturated rings. The highest BCUT2D eigenvalue weighted by Crippen LogP contribution is 2.07. The molecule has 0 radical (unpaired) electrons. The standard InChI is InChI=1S/C5H3ClN2O3/c6-3-2(4(9)10)1-7-5(11)8-3/h1H,(H,9,10)(H,7,8,11). The van der Waals surface area contributed by atoms with Crippen LogP contribution in [-0.2, 0) is 0 Å². The van der Waals surface area contributed by atoms with Gasteiger partial charge in [-0.2, -0.15) is 0 Å². The van der Waals surface area contributed by atoms with E-state index in [1.54, 1.807) is 0 Å². The van der Waals surface area contributed by atoms with E-state index in [9.17, 15) is 9.59 Å². The molecule has 1 heterocycles. The van der Waals surface area contributed by atoms with Gasteiger partial charge in [0.2, 0.25) is 0 Å². The Morgan fingerprint density at radius 1 is 1.73 bits per heavy atom. The number of carbonyl (C=O) groups is 1. The van der Waals surface area contributed by atoms with Gasteiger partial charge >= 0.3 is 11.7 Å². The summed E-state index contributed by atoms with van der Waals surface area (Å²) in [6.07, 6.45) is 0.906. The third-order valence-electron chi connectivity index (χ3n) is 0.994. The number of aromatic nitrogens is 2. The summed E-state index contributed by atoms with van der Waals surface area (Å²) in [5.74, 6) is -1.22. The van der Waals surface area contributed by atoms with Gasteiger partial charge in [0.15, 0.2) is 0 Å². The predicted octanol–water partition coefficient (Wildman–Crippen LogP) is 0.121. The lowest BCUT2D eigenvalue weighted by molar-refractivity contribution is 0.0696. The minimum atomic E-state index is -1.22. The molecule has 58 valence electrons. The maximum Gasteiger partial charge on any atom is 0.346 e. The van der Waals surface area contributed by atoms with Crippen molar-refractivity contribution in [1.82, 2.24) is 9.97 Å². The van der Waals surface area contributed by atoms with E-state index in [0.29, 0.717) is 0 Å². The molecular formula is C5H3ClN2O3. The normalized spacial score (nSPS) is 9.55. The van der Waals surface area contributed by atoms with E-state index in [1.807, 2.05) is 4.98 Å². The fourth-order valence-electron chi connectivity index (χ4n) is 0.522. The first kappa shape index (κ1) is 7.74. The Morgan fingerprint density at radius 2 is 2.36 bits per heavy atom. The van der Waals surface area contributed by atoms with Crippen LogP contribution in [0.4, 0.5) is 0 Å². The van der Waals surface area contributed by atoms with Crippen LogP contribution in [0.2, 0.25) is 5.15 Å². The van der Waals surface area contributed by atoms with Gasteiger partial charge in [-0.3, -0.25) is 4.98 Å². The van der Waals surface area contributed by atoms with Crippen LogP contribution in [0.5, 0.6) is 0 Å². The summed E-state index contributed by atoms with van der Waals surface area (Å²) in [6.45, 7) is 0. The number of carboxylic acid groups (broad SMARTS) is 1. The number of carboxylic acids is 1. The molecule has 0 aliphatic rings. The molecule has 1 rings (SSSR count). The average Bonchev–Trinajstić information content (AvgIpc) is 1.85. The van der Waals surface area contributed by atoms with E-state index in [2.05, 4.69) is 4.98 Å². The van der Waals surface area contributed by atoms with Crippen molar-refractivity contribution in [2.24, 2.45) is 0 Å². The van der Waals surface area contributed by atoms with E-state index in [4.69, 9.17) is 16.7 Å². The van der Waals surface area contributed by atoms with Crippen LogP contribution >= 0.6 is 11.6 Å². The molecule has 0 aromatic carbocycles. The highest BCUT2D eigenvalue weighted by Gasteiger charge is 2.08. The molecule has 0 aliphatic carbocycles. The fraction of sp³-hybridized carbons (Fsp3) is 0. The summed E-state index contributed by atoms with van der Waals surface area (Å²) in [4.78, 5) is 25.9. The Balaban J connectivity index is 3.31. The quantitative estimate of drug-likeness (QED) is 0.593. The van der Waals surface area contributed by atoms with Crippen molar-refractivity contribution < 1.29 is 9.90 Å². The molecule has 0 spiro atoms. The number of hydrogen-bond donors (Lipinski definition) is 2. The van der Waals surface area contributed by atoms with Gasteiger partial charge in [-0.25, -0.2) is 14.6 Å². The van der Waals surface area contributed by atoms with Crippen molar-refractivity contribution in [1.29, 1.82) is 0 Å². The van der Waals surface area contributed by atoms with Gasteiger partial charge < -0.3 is 5.11 Å². The minimum absolute atomic E-state index is 0.211. The third-order valence-corrected chi connectivity index (χ3v) is 1.29. The van der Waals surface area contributed by atoms with E-state index in [0.717, 1.165) is 6.20 Å². The van der Waals surface area contributed by atoms with Crippen molar-refractivity contribution in [3.63, 3.8) is 0 Å². The highest BCUT2D eigenvalue weighted by molar-refractivity contribution is 6.32. The average molecular weight is 175 g/mol. The molecule has 0 saturated heterocycles. The van der Waals surface area contributed by atoms with Crippen LogP contribution in [0, 0.1) is 0 Å². The molecule has 0 saturated carbocycles. The van der Waals surface area contributed by atoms with Gasteiger partial charge in [0.05, 0.1) is 6.20 Å². The van der Waals surface area contributed by atoms with Gasteiger partial charge in [-0.1, -0.05) is 11.6 Å². The van der Waals surface area contributed by atoms with Crippen LogP contribution in [0.25, 0.3) is 0 Å². The summed E-state index contributed by atoms with van der Waals surface area (Å²) in [6, 6.07) is 0. The molecule has 6 heteroatoms. The number of halogens is 1. The second-order valence-corrected chi connectivity index (χ2v) is 2.10. The van der Waals surface area contributed by atoms with Gasteiger partial charge in [0.1, 0.15) is 10.7 Å². The van der Waals surface area contributed by atoms with Gasteiger partial charge in [0, 0.05) is 0 Å². The van der Waals surface area contributed by atoms with E-state index < -0.39 is 11.7 Å². The third kappa shape index (κ3) is 1.56. The lowest BCUT2D eigenvalue weighted by Gasteiger charge is -1.93. The molecule has 1 aromatic rings. The summed E-state index contributed by atoms with van der Waals surface area (Å²) in [5, 5.41) is 8.20. The fourth-order valence-corrected chi connectivity index (χ4v) is 0.733. The Labute approximate surface area is 65.7 Å². The molecule has 0 amide bonds. The zero-order valence-electron chi connectivity index (χ0n) is 5.17. The Kier molecular flexibility index (Phi) is 1.91. The van der Waals surface area contributed by atoms with Gasteiger partial charge in [-0.05, 0) is 0 Å². The van der Waals surface area contributed by atoms with Crippen LogP contribution in [0.3, 0.4) is 0 Å². The van der Waals surface area contributed by atoms with Crippen LogP contribution in [-0.4, -0.2) is 21.0 Å². The Hall–Kier alpha value is -1.36. The maximum absolute atomic E-state index is 10.4. The lowest BCUT2D eigenvalue weighted by atomic mass is 10.3. The largest absolute Gasteiger partial charge is 0.478 e. The predicted molar refractivity (Wildman–Crippen MR) is 36.8 cm³/mol. The molecule has 1 aromatic heterocycles. The summed E-state index contributed by atoms with van der Waals surface area (Å²) >= 11 is 5.35. The first-order chi connectivity index (χ1) is 5.11. The summed E-state index contributed by atoms with van der Waals surface area (Å²) in [7, 11) is 0. The van der Waals surface area contributed by atoms with Crippen LogP contribution in [0.1, 0.15) is 10.4 Å². The van der Waals surface area contributed by atoms with E-state index in [1.165, 1.54) is 0 Å². The highest BCUT2D eigenvalue weighted by atomic mass is 35.5. The van der Waals surface area contributed by atoms with E-state index in [-0.39, 0.29) is 10.7 Å². The number of rotatable bonds is 1. The van der Waals surface area contributed by atoms with Gasteiger partial charge in [0.25, 0.3) is 0 Å². The van der Waals surface area contributed by atoms with Crippen LogP contribution in [0.15, 0.2) is 11.0 Å². The SMILES string of the molecule is O=C(O)c1cnc(=O)[nH]c1Cl. The van der Waals surface area contributed by atoms with Crippen molar-refractivity contribution in [3.05, 3.63) is 27.4 Å². The number of aromatic amines is 1. The second-order valence-electron chi connectivity index (χ2n) is 1.72. The number of nitrogens with zero attached hydrogens (tertiary/aromatic N) is 1. The van der Waals surface area contributed by atoms with Crippen molar-refractivity contribution >= 4 is 17.6 Å². The second kappa shape index (κ2) is 2.71. The monoisotopic (exact) mass is 174 g/mol. The van der Waals surface area contributed by atoms with Crippen LogP contribution < -0.4 is 5.69 Å². The molecule has 0 unspecified atom stereocenters. The molecule has 0 bridgehead atoms. The van der Waals surface area contributed by atoms with Crippen molar-refractivity contribution in [3.8, 4) is 0 Å². The molecule has 2 N–H and O–H groups in total. The first-order valence-corrected chi connectivity index (χ1v) is 2.97. The van der Waals surface area contributed by atoms with Gasteiger partial charge in [-0.15, -0.1) is 0 Å². The summed E-state index contributed by atoms with van der Waals surface area (Å²) < 4.78 is 0. The Bertz CT molecular complexity index is 346. The molecule has 5 nitrogen and oxygen atoms in total.